The fourth-order valence-electron chi connectivity index (χ4n) is 2.40. The van der Waals surface area contributed by atoms with E-state index in [0.29, 0.717) is 16.0 Å². The summed E-state index contributed by atoms with van der Waals surface area (Å²) in [4.78, 5) is 22.9. The Kier molecular flexibility index (Phi) is 3.45. The van der Waals surface area contributed by atoms with Crippen LogP contribution in [-0.2, 0) is 22.6 Å². The molecule has 0 fully saturated rings. The number of amides is 1. The lowest BCUT2D eigenvalue weighted by atomic mass is 9.90. The van der Waals surface area contributed by atoms with E-state index in [-0.39, 0.29) is 13.0 Å². The molecule has 0 bridgehead atoms. The zero-order valence-electron chi connectivity index (χ0n) is 10.6. The van der Waals surface area contributed by atoms with Gasteiger partial charge in [-0.3, -0.25) is 4.79 Å². The molecule has 108 valence electrons. The van der Waals surface area contributed by atoms with Gasteiger partial charge in [0.15, 0.2) is 0 Å². The van der Waals surface area contributed by atoms with Crippen molar-refractivity contribution < 1.29 is 27.9 Å². The van der Waals surface area contributed by atoms with Crippen LogP contribution in [0.25, 0.3) is 0 Å². The van der Waals surface area contributed by atoms with E-state index < -0.39 is 24.1 Å². The molecule has 1 aromatic rings. The first kappa shape index (κ1) is 14.4. The monoisotopic (exact) mass is 287 g/mol. The minimum atomic E-state index is -5.07. The van der Waals surface area contributed by atoms with Crippen molar-refractivity contribution in [2.45, 2.75) is 32.1 Å². The number of nitrogens with zero attached hydrogens (tertiary/aromatic N) is 1. The second kappa shape index (κ2) is 4.81. The first-order valence-corrected chi connectivity index (χ1v) is 5.89. The van der Waals surface area contributed by atoms with Gasteiger partial charge in [-0.1, -0.05) is 18.2 Å². The zero-order chi connectivity index (χ0) is 15.1. The smallest absolute Gasteiger partial charge is 0.471 e. The number of aliphatic carboxylic acids is 1. The third-order valence-electron chi connectivity index (χ3n) is 3.41. The number of alkyl halides is 3. The molecular formula is C13H12F3NO3. The van der Waals surface area contributed by atoms with Gasteiger partial charge in [0, 0.05) is 13.0 Å². The van der Waals surface area contributed by atoms with Gasteiger partial charge in [0.2, 0.25) is 0 Å². The number of carboxylic acid groups (broad SMARTS) is 1. The van der Waals surface area contributed by atoms with Crippen molar-refractivity contribution in [2.75, 3.05) is 0 Å². The number of hydrogen-bond donors (Lipinski definition) is 1. The van der Waals surface area contributed by atoms with E-state index in [1.54, 1.807) is 25.1 Å². The quantitative estimate of drug-likeness (QED) is 0.858. The number of rotatable bonds is 1. The highest BCUT2D eigenvalue weighted by Gasteiger charge is 2.47. The number of halogens is 3. The van der Waals surface area contributed by atoms with E-state index in [4.69, 9.17) is 5.11 Å². The Morgan fingerprint density at radius 3 is 2.55 bits per heavy atom. The standard InChI is InChI=1S/C13H12F3NO3/c1-7-3-2-4-8-6-17(12(20)13(14,15)16)10(11(18)19)5-9(7)8/h2-4,10H,5-6H2,1H3,(H,18,19). The van der Waals surface area contributed by atoms with E-state index >= 15 is 0 Å². The number of carbonyl (C=O) groups excluding carboxylic acids is 1. The Balaban J connectivity index is 2.43. The Morgan fingerprint density at radius 2 is 2.00 bits per heavy atom. The summed E-state index contributed by atoms with van der Waals surface area (Å²) < 4.78 is 37.6. The second-order valence-corrected chi connectivity index (χ2v) is 4.70. The van der Waals surface area contributed by atoms with E-state index in [2.05, 4.69) is 0 Å². The number of benzene rings is 1. The lowest BCUT2D eigenvalue weighted by molar-refractivity contribution is -0.191. The average Bonchev–Trinajstić information content (AvgIpc) is 2.35. The van der Waals surface area contributed by atoms with Crippen molar-refractivity contribution in [3.05, 3.63) is 34.9 Å². The maximum Gasteiger partial charge on any atom is 0.471 e. The summed E-state index contributed by atoms with van der Waals surface area (Å²) in [7, 11) is 0. The van der Waals surface area contributed by atoms with Gasteiger partial charge in [-0.2, -0.15) is 13.2 Å². The summed E-state index contributed by atoms with van der Waals surface area (Å²) in [6.07, 6.45) is -5.19. The first-order valence-electron chi connectivity index (χ1n) is 5.89. The van der Waals surface area contributed by atoms with Crippen molar-refractivity contribution in [3.8, 4) is 0 Å². The van der Waals surface area contributed by atoms with Gasteiger partial charge in [-0.15, -0.1) is 0 Å². The predicted molar refractivity (Wildman–Crippen MR) is 62.9 cm³/mol. The summed E-state index contributed by atoms with van der Waals surface area (Å²) in [5, 5.41) is 9.08. The SMILES string of the molecule is Cc1cccc2c1CC(C(=O)O)N(C(=O)C(F)(F)F)C2. The van der Waals surface area contributed by atoms with Crippen LogP contribution in [0.5, 0.6) is 0 Å². The van der Waals surface area contributed by atoms with Gasteiger partial charge < -0.3 is 10.0 Å². The molecular weight excluding hydrogens is 275 g/mol. The van der Waals surface area contributed by atoms with Crippen LogP contribution < -0.4 is 0 Å². The van der Waals surface area contributed by atoms with E-state index in [0.717, 1.165) is 5.56 Å². The summed E-state index contributed by atoms with van der Waals surface area (Å²) in [6.45, 7) is 1.42. The molecule has 7 heteroatoms. The normalized spacial score (nSPS) is 18.6. The second-order valence-electron chi connectivity index (χ2n) is 4.70. The van der Waals surface area contributed by atoms with Gasteiger partial charge in [0.1, 0.15) is 6.04 Å². The van der Waals surface area contributed by atoms with Crippen LogP contribution in [0.3, 0.4) is 0 Å². The molecule has 1 atom stereocenters. The van der Waals surface area contributed by atoms with E-state index in [1.807, 2.05) is 0 Å². The van der Waals surface area contributed by atoms with Crippen LogP contribution in [0.2, 0.25) is 0 Å². The molecule has 0 spiro atoms. The highest BCUT2D eigenvalue weighted by Crippen LogP contribution is 2.29. The number of carboxylic acids is 1. The predicted octanol–water partition coefficient (Wildman–Crippen LogP) is 1.90. The zero-order valence-corrected chi connectivity index (χ0v) is 10.6. The average molecular weight is 287 g/mol. The van der Waals surface area contributed by atoms with E-state index in [1.165, 1.54) is 0 Å². The fourth-order valence-corrected chi connectivity index (χ4v) is 2.40. The van der Waals surface area contributed by atoms with Gasteiger partial charge in [0.25, 0.3) is 0 Å². The molecule has 1 aliphatic heterocycles. The molecule has 1 unspecified atom stereocenters. The van der Waals surface area contributed by atoms with Crippen molar-refractivity contribution in [3.63, 3.8) is 0 Å². The number of aryl methyl sites for hydroxylation is 1. The van der Waals surface area contributed by atoms with Gasteiger partial charge in [-0.25, -0.2) is 4.79 Å². The summed E-state index contributed by atoms with van der Waals surface area (Å²) in [5.74, 6) is -3.55. The van der Waals surface area contributed by atoms with Crippen LogP contribution >= 0.6 is 0 Å². The van der Waals surface area contributed by atoms with Crippen molar-refractivity contribution in [1.29, 1.82) is 0 Å². The maximum atomic E-state index is 12.5. The van der Waals surface area contributed by atoms with E-state index in [9.17, 15) is 22.8 Å². The number of carbonyl (C=O) groups is 2. The summed E-state index contributed by atoms with van der Waals surface area (Å²) in [6, 6.07) is 3.55. The maximum absolute atomic E-state index is 12.5. The third kappa shape index (κ3) is 2.48. The molecule has 0 aliphatic carbocycles. The molecule has 4 nitrogen and oxygen atoms in total. The molecule has 0 saturated carbocycles. The summed E-state index contributed by atoms with van der Waals surface area (Å²) in [5.41, 5.74) is 2.07. The molecule has 1 aliphatic rings. The topological polar surface area (TPSA) is 57.6 Å². The van der Waals surface area contributed by atoms with Crippen molar-refractivity contribution in [1.82, 2.24) is 4.90 Å². The highest BCUT2D eigenvalue weighted by atomic mass is 19.4. The number of hydrogen-bond acceptors (Lipinski definition) is 2. The lowest BCUT2D eigenvalue weighted by Gasteiger charge is -2.35. The van der Waals surface area contributed by atoms with Gasteiger partial charge in [0.05, 0.1) is 0 Å². The molecule has 1 heterocycles. The molecule has 2 rings (SSSR count). The summed E-state index contributed by atoms with van der Waals surface area (Å²) >= 11 is 0. The Hall–Kier alpha value is -2.05. The lowest BCUT2D eigenvalue weighted by Crippen LogP contribution is -2.53. The molecule has 0 aromatic heterocycles. The van der Waals surface area contributed by atoms with Crippen LogP contribution in [0.15, 0.2) is 18.2 Å². The van der Waals surface area contributed by atoms with Crippen LogP contribution in [0, 0.1) is 6.92 Å². The minimum Gasteiger partial charge on any atom is -0.480 e. The minimum absolute atomic E-state index is 0.112. The largest absolute Gasteiger partial charge is 0.480 e. The fraction of sp³-hybridized carbons (Fsp3) is 0.385. The van der Waals surface area contributed by atoms with Crippen molar-refractivity contribution >= 4 is 11.9 Å². The molecule has 1 aromatic carbocycles. The Morgan fingerprint density at radius 1 is 1.35 bits per heavy atom. The van der Waals surface area contributed by atoms with Crippen molar-refractivity contribution in [2.24, 2.45) is 0 Å². The molecule has 0 radical (unpaired) electrons. The first-order chi connectivity index (χ1) is 9.21. The van der Waals surface area contributed by atoms with Crippen LogP contribution in [0.1, 0.15) is 16.7 Å². The third-order valence-corrected chi connectivity index (χ3v) is 3.41. The van der Waals surface area contributed by atoms with Crippen LogP contribution in [0.4, 0.5) is 13.2 Å². The molecule has 0 saturated heterocycles. The van der Waals surface area contributed by atoms with Gasteiger partial charge >= 0.3 is 18.1 Å². The molecule has 1 N–H and O–H groups in total. The molecule has 1 amide bonds. The Bertz CT molecular complexity index is 568. The Labute approximate surface area is 112 Å². The number of fused-ring (bicyclic) bond motifs is 1. The highest BCUT2D eigenvalue weighted by molar-refractivity contribution is 5.87. The van der Waals surface area contributed by atoms with Gasteiger partial charge in [-0.05, 0) is 23.6 Å². The molecule has 20 heavy (non-hydrogen) atoms. The van der Waals surface area contributed by atoms with Crippen LogP contribution in [-0.4, -0.2) is 34.1 Å².